The average Bonchev–Trinajstić information content (AvgIpc) is 2.81. The summed E-state index contributed by atoms with van der Waals surface area (Å²) in [6.07, 6.45) is 1.09. The molecule has 0 fully saturated rings. The topological polar surface area (TPSA) is 97.6 Å². The molecular formula is C25H25Cl2N5O3S. The molecule has 3 aromatic carbocycles. The summed E-state index contributed by atoms with van der Waals surface area (Å²) in [5.74, 6) is 1.11. The number of hydrogen-bond acceptors (Lipinski definition) is 6. The molecule has 0 bridgehead atoms. The first kappa shape index (κ1) is 28.7. The van der Waals surface area contributed by atoms with Gasteiger partial charge in [-0.15, -0.1) is 22.6 Å². The highest BCUT2D eigenvalue weighted by Crippen LogP contribution is 2.34. The van der Waals surface area contributed by atoms with Crippen LogP contribution in [0.2, 0.25) is 5.02 Å². The molecule has 0 spiro atoms. The van der Waals surface area contributed by atoms with Crippen molar-refractivity contribution in [1.82, 2.24) is 10.2 Å². The largest absolute Gasteiger partial charge is 0.495 e. The fraction of sp³-hybridized carbons (Fsp3) is 0.160. The van der Waals surface area contributed by atoms with Crippen molar-refractivity contribution in [2.45, 2.75) is 14.0 Å². The van der Waals surface area contributed by atoms with E-state index in [-0.39, 0.29) is 19.8 Å². The van der Waals surface area contributed by atoms with Crippen molar-refractivity contribution >= 4 is 62.0 Å². The SMILES string of the molecule is C.Cl.[C-]#[N+]c1ccc2c(-c3cccc(NS(C)(=O)=O)c3)nnc(NCc3ccc(OC)c(Cl)c3)c2c1. The van der Waals surface area contributed by atoms with Gasteiger partial charge >= 0.3 is 0 Å². The molecule has 8 nitrogen and oxygen atoms in total. The number of sulfonamides is 1. The van der Waals surface area contributed by atoms with Crippen LogP contribution in [0.5, 0.6) is 5.75 Å². The summed E-state index contributed by atoms with van der Waals surface area (Å²) in [5, 5.41) is 14.1. The predicted molar refractivity (Wildman–Crippen MR) is 149 cm³/mol. The number of nitrogens with zero attached hydrogens (tertiary/aromatic N) is 3. The molecule has 1 heterocycles. The van der Waals surface area contributed by atoms with Gasteiger partial charge in [-0.1, -0.05) is 49.4 Å². The summed E-state index contributed by atoms with van der Waals surface area (Å²) < 4.78 is 30.9. The summed E-state index contributed by atoms with van der Waals surface area (Å²) in [6, 6.07) is 17.7. The number of rotatable bonds is 7. The number of nitrogens with one attached hydrogen (secondary N) is 2. The third-order valence-electron chi connectivity index (χ3n) is 5.01. The highest BCUT2D eigenvalue weighted by Gasteiger charge is 2.13. The highest BCUT2D eigenvalue weighted by molar-refractivity contribution is 7.92. The Labute approximate surface area is 221 Å². The standard InChI is InChI=1S/C24H20ClN5O3S.CH4.ClH/c1-26-17-8-9-19-20(13-17)24(27-14-15-7-10-22(33-2)21(25)11-15)29-28-23(19)16-5-4-6-18(12-16)30-34(3,31)32;;/h4-13,30H,14H2,2-3H3,(H,27,29);1H4;1H. The lowest BCUT2D eigenvalue weighted by Crippen LogP contribution is -2.09. The van der Waals surface area contributed by atoms with Crippen LogP contribution < -0.4 is 14.8 Å². The molecule has 11 heteroatoms. The fourth-order valence-corrected chi connectivity index (χ4v) is 4.34. The Morgan fingerprint density at radius 2 is 1.83 bits per heavy atom. The van der Waals surface area contributed by atoms with E-state index in [0.717, 1.165) is 22.6 Å². The first-order chi connectivity index (χ1) is 16.3. The lowest BCUT2D eigenvalue weighted by atomic mass is 10.0. The minimum Gasteiger partial charge on any atom is -0.495 e. The normalized spacial score (nSPS) is 10.5. The molecule has 0 amide bonds. The summed E-state index contributed by atoms with van der Waals surface area (Å²) in [4.78, 5) is 3.53. The smallest absolute Gasteiger partial charge is 0.229 e. The van der Waals surface area contributed by atoms with Gasteiger partial charge < -0.3 is 10.1 Å². The first-order valence-electron chi connectivity index (χ1n) is 10.1. The molecule has 0 radical (unpaired) electrons. The van der Waals surface area contributed by atoms with E-state index in [2.05, 4.69) is 25.1 Å². The van der Waals surface area contributed by atoms with E-state index in [9.17, 15) is 8.42 Å². The van der Waals surface area contributed by atoms with Gasteiger partial charge in [-0.2, -0.15) is 0 Å². The van der Waals surface area contributed by atoms with Gasteiger partial charge in [-0.3, -0.25) is 4.72 Å². The Bertz CT molecular complexity index is 1540. The van der Waals surface area contributed by atoms with Gasteiger partial charge in [0, 0.05) is 28.6 Å². The van der Waals surface area contributed by atoms with Gasteiger partial charge in [0.15, 0.2) is 11.5 Å². The second-order valence-electron chi connectivity index (χ2n) is 7.52. The molecule has 0 aliphatic carbocycles. The number of fused-ring (bicyclic) bond motifs is 1. The molecule has 0 unspecified atom stereocenters. The van der Waals surface area contributed by atoms with Crippen LogP contribution in [-0.2, 0) is 16.6 Å². The molecule has 0 aliphatic heterocycles. The summed E-state index contributed by atoms with van der Waals surface area (Å²) in [7, 11) is -1.86. The number of hydrogen-bond donors (Lipinski definition) is 2. The third-order valence-corrected chi connectivity index (χ3v) is 5.91. The molecule has 0 saturated heterocycles. The summed E-state index contributed by atoms with van der Waals surface area (Å²) in [6.45, 7) is 7.83. The zero-order valence-corrected chi connectivity index (χ0v) is 21.1. The number of halogens is 2. The molecular weight excluding hydrogens is 521 g/mol. The maximum atomic E-state index is 11.6. The van der Waals surface area contributed by atoms with E-state index in [1.54, 1.807) is 43.5 Å². The minimum absolute atomic E-state index is 0. The monoisotopic (exact) mass is 545 g/mol. The lowest BCUT2D eigenvalue weighted by molar-refractivity contribution is 0.415. The maximum Gasteiger partial charge on any atom is 0.229 e. The van der Waals surface area contributed by atoms with Crippen molar-refractivity contribution < 1.29 is 13.2 Å². The van der Waals surface area contributed by atoms with Crippen molar-refractivity contribution in [3.8, 4) is 17.0 Å². The van der Waals surface area contributed by atoms with Crippen LogP contribution in [-0.4, -0.2) is 32.0 Å². The van der Waals surface area contributed by atoms with Crippen LogP contribution in [0.1, 0.15) is 13.0 Å². The second kappa shape index (κ2) is 11.9. The second-order valence-corrected chi connectivity index (χ2v) is 9.67. The number of benzene rings is 3. The molecule has 1 aromatic heterocycles. The Morgan fingerprint density at radius 3 is 2.50 bits per heavy atom. The molecule has 4 aromatic rings. The number of aromatic nitrogens is 2. The molecule has 36 heavy (non-hydrogen) atoms. The van der Waals surface area contributed by atoms with Crippen LogP contribution in [0.15, 0.2) is 60.7 Å². The van der Waals surface area contributed by atoms with Gasteiger partial charge in [0.1, 0.15) is 11.4 Å². The summed E-state index contributed by atoms with van der Waals surface area (Å²) in [5.41, 5.74) is 3.07. The molecule has 0 atom stereocenters. The van der Waals surface area contributed by atoms with Crippen LogP contribution >= 0.6 is 24.0 Å². The van der Waals surface area contributed by atoms with Crippen molar-refractivity contribution in [3.05, 3.63) is 82.7 Å². The Kier molecular flexibility index (Phi) is 9.48. The lowest BCUT2D eigenvalue weighted by Gasteiger charge is -2.13. The van der Waals surface area contributed by atoms with Crippen LogP contribution in [0, 0.1) is 6.57 Å². The maximum absolute atomic E-state index is 11.6. The van der Waals surface area contributed by atoms with E-state index >= 15 is 0 Å². The third kappa shape index (κ3) is 6.55. The highest BCUT2D eigenvalue weighted by atomic mass is 35.5. The number of methoxy groups -OCH3 is 1. The predicted octanol–water partition coefficient (Wildman–Crippen LogP) is 6.55. The van der Waals surface area contributed by atoms with Crippen molar-refractivity contribution in [2.24, 2.45) is 0 Å². The zero-order valence-electron chi connectivity index (χ0n) is 18.7. The molecule has 0 aliphatic rings. The molecule has 4 rings (SSSR count). The fourth-order valence-electron chi connectivity index (χ4n) is 3.51. The number of anilines is 2. The van der Waals surface area contributed by atoms with Gasteiger partial charge in [0.2, 0.25) is 10.0 Å². The minimum atomic E-state index is -3.42. The van der Waals surface area contributed by atoms with Crippen LogP contribution in [0.3, 0.4) is 0 Å². The molecule has 0 saturated carbocycles. The molecule has 2 N–H and O–H groups in total. The number of ether oxygens (including phenoxy) is 1. The van der Waals surface area contributed by atoms with E-state index < -0.39 is 10.0 Å². The zero-order chi connectivity index (χ0) is 24.3. The van der Waals surface area contributed by atoms with E-state index in [4.69, 9.17) is 22.9 Å². The van der Waals surface area contributed by atoms with Gasteiger partial charge in [0.05, 0.1) is 25.0 Å². The van der Waals surface area contributed by atoms with E-state index in [1.165, 1.54) is 0 Å². The van der Waals surface area contributed by atoms with E-state index in [1.807, 2.05) is 24.3 Å². The van der Waals surface area contributed by atoms with Gasteiger partial charge in [0.25, 0.3) is 0 Å². The quantitative estimate of drug-likeness (QED) is 0.255. The summed E-state index contributed by atoms with van der Waals surface area (Å²) >= 11 is 6.23. The first-order valence-corrected chi connectivity index (χ1v) is 12.4. The van der Waals surface area contributed by atoms with Gasteiger partial charge in [-0.25, -0.2) is 13.3 Å². The van der Waals surface area contributed by atoms with Crippen LogP contribution in [0.25, 0.3) is 26.9 Å². The van der Waals surface area contributed by atoms with Gasteiger partial charge in [-0.05, 0) is 35.9 Å². The van der Waals surface area contributed by atoms with Crippen molar-refractivity contribution in [3.63, 3.8) is 0 Å². The average molecular weight is 546 g/mol. The van der Waals surface area contributed by atoms with Crippen molar-refractivity contribution in [2.75, 3.05) is 23.4 Å². The Morgan fingerprint density at radius 1 is 1.06 bits per heavy atom. The Hall–Kier alpha value is -3.58. The molecule has 188 valence electrons. The van der Waals surface area contributed by atoms with Crippen LogP contribution in [0.4, 0.5) is 17.2 Å². The van der Waals surface area contributed by atoms with E-state index in [0.29, 0.717) is 45.8 Å². The Balaban J connectivity index is 0.00000228. The van der Waals surface area contributed by atoms with Crippen molar-refractivity contribution in [1.29, 1.82) is 0 Å².